The van der Waals surface area contributed by atoms with Gasteiger partial charge in [0.2, 0.25) is 0 Å². The first-order chi connectivity index (χ1) is 10.7. The first-order valence-electron chi connectivity index (χ1n) is 7.09. The van der Waals surface area contributed by atoms with E-state index in [0.717, 1.165) is 17.7 Å². The molecule has 0 amide bonds. The Balaban J connectivity index is 1.98. The molecule has 1 heterocycles. The van der Waals surface area contributed by atoms with Crippen molar-refractivity contribution in [3.63, 3.8) is 0 Å². The standard InChI is InChI=1S/C17H16ClN3S/c1-19-17(22)21-16(12-7-3-2-4-8-12)11-15(20-21)13-9-5-6-10-14(13)18/h2-10,16H,11H2,1H3,(H,19,22). The third kappa shape index (κ3) is 2.85. The molecular formula is C17H16ClN3S. The number of thiocarbonyl (C=S) groups is 1. The van der Waals surface area contributed by atoms with E-state index in [9.17, 15) is 0 Å². The van der Waals surface area contributed by atoms with Gasteiger partial charge in [-0.25, -0.2) is 5.01 Å². The van der Waals surface area contributed by atoms with Crippen LogP contribution in [0.2, 0.25) is 5.02 Å². The molecule has 112 valence electrons. The molecule has 3 nitrogen and oxygen atoms in total. The molecule has 1 aliphatic rings. The Morgan fingerprint density at radius 3 is 2.55 bits per heavy atom. The lowest BCUT2D eigenvalue weighted by atomic mass is 9.98. The van der Waals surface area contributed by atoms with Gasteiger partial charge in [0.15, 0.2) is 5.11 Å². The third-order valence-corrected chi connectivity index (χ3v) is 4.42. The van der Waals surface area contributed by atoms with Gasteiger partial charge in [-0.2, -0.15) is 5.10 Å². The van der Waals surface area contributed by atoms with E-state index in [0.29, 0.717) is 10.1 Å². The van der Waals surface area contributed by atoms with Gasteiger partial charge in [0.25, 0.3) is 0 Å². The van der Waals surface area contributed by atoms with Crippen molar-refractivity contribution >= 4 is 34.6 Å². The first kappa shape index (κ1) is 15.0. The van der Waals surface area contributed by atoms with Crippen molar-refractivity contribution in [2.75, 3.05) is 7.05 Å². The fourth-order valence-corrected chi connectivity index (χ4v) is 3.02. The number of hydrogen-bond donors (Lipinski definition) is 1. The SMILES string of the molecule is CNC(=S)N1N=C(c2ccccc2Cl)CC1c1ccccc1. The van der Waals surface area contributed by atoms with Crippen molar-refractivity contribution in [3.05, 3.63) is 70.7 Å². The number of benzene rings is 2. The summed E-state index contributed by atoms with van der Waals surface area (Å²) >= 11 is 11.7. The second-order valence-electron chi connectivity index (χ2n) is 5.06. The van der Waals surface area contributed by atoms with Gasteiger partial charge in [-0.05, 0) is 23.8 Å². The molecule has 0 bridgehead atoms. The number of nitrogens with zero attached hydrogens (tertiary/aromatic N) is 2. The van der Waals surface area contributed by atoms with Crippen molar-refractivity contribution < 1.29 is 0 Å². The van der Waals surface area contributed by atoms with E-state index in [2.05, 4.69) is 17.4 Å². The smallest absolute Gasteiger partial charge is 0.189 e. The highest BCUT2D eigenvalue weighted by atomic mass is 35.5. The monoisotopic (exact) mass is 329 g/mol. The summed E-state index contributed by atoms with van der Waals surface area (Å²) in [5.41, 5.74) is 3.11. The second-order valence-corrected chi connectivity index (χ2v) is 5.85. The van der Waals surface area contributed by atoms with Gasteiger partial charge < -0.3 is 5.32 Å². The fourth-order valence-electron chi connectivity index (χ4n) is 2.60. The molecule has 0 aromatic heterocycles. The molecule has 0 saturated heterocycles. The summed E-state index contributed by atoms with van der Waals surface area (Å²) in [7, 11) is 1.81. The summed E-state index contributed by atoms with van der Waals surface area (Å²) in [5, 5.41) is 10.9. The van der Waals surface area contributed by atoms with Gasteiger partial charge in [0, 0.05) is 24.1 Å². The predicted molar refractivity (Wildman–Crippen MR) is 95.3 cm³/mol. The van der Waals surface area contributed by atoms with E-state index in [1.54, 1.807) is 0 Å². The van der Waals surface area contributed by atoms with Crippen LogP contribution in [0.1, 0.15) is 23.6 Å². The average molecular weight is 330 g/mol. The van der Waals surface area contributed by atoms with Crippen molar-refractivity contribution in [1.29, 1.82) is 0 Å². The zero-order chi connectivity index (χ0) is 15.5. The molecule has 22 heavy (non-hydrogen) atoms. The Morgan fingerprint density at radius 1 is 1.18 bits per heavy atom. The Hall–Kier alpha value is -1.91. The molecular weight excluding hydrogens is 314 g/mol. The molecule has 2 aromatic carbocycles. The highest BCUT2D eigenvalue weighted by Gasteiger charge is 2.31. The van der Waals surface area contributed by atoms with Crippen molar-refractivity contribution in [3.8, 4) is 0 Å². The van der Waals surface area contributed by atoms with Crippen molar-refractivity contribution in [1.82, 2.24) is 10.3 Å². The van der Waals surface area contributed by atoms with Crippen LogP contribution in [0.25, 0.3) is 0 Å². The lowest BCUT2D eigenvalue weighted by Crippen LogP contribution is -2.34. The van der Waals surface area contributed by atoms with Crippen LogP contribution in [-0.2, 0) is 0 Å². The molecule has 0 aliphatic carbocycles. The van der Waals surface area contributed by atoms with E-state index in [1.165, 1.54) is 5.56 Å². The van der Waals surface area contributed by atoms with Gasteiger partial charge in [-0.1, -0.05) is 60.1 Å². The topological polar surface area (TPSA) is 27.6 Å². The highest BCUT2D eigenvalue weighted by molar-refractivity contribution is 7.80. The fraction of sp³-hybridized carbons (Fsp3) is 0.176. The summed E-state index contributed by atoms with van der Waals surface area (Å²) in [6.07, 6.45) is 0.773. The lowest BCUT2D eigenvalue weighted by Gasteiger charge is -2.23. The van der Waals surface area contributed by atoms with Crippen LogP contribution in [0, 0.1) is 0 Å². The minimum absolute atomic E-state index is 0.0902. The minimum atomic E-state index is 0.0902. The normalized spacial score (nSPS) is 17.3. The van der Waals surface area contributed by atoms with Crippen LogP contribution >= 0.6 is 23.8 Å². The maximum Gasteiger partial charge on any atom is 0.189 e. The number of hydrazone groups is 1. The number of halogens is 1. The Morgan fingerprint density at radius 2 is 1.86 bits per heavy atom. The molecule has 1 unspecified atom stereocenters. The predicted octanol–water partition coefficient (Wildman–Crippen LogP) is 4.00. The van der Waals surface area contributed by atoms with E-state index in [4.69, 9.17) is 28.9 Å². The highest BCUT2D eigenvalue weighted by Crippen LogP contribution is 2.34. The second kappa shape index (κ2) is 6.46. The van der Waals surface area contributed by atoms with Crippen LogP contribution in [0.3, 0.4) is 0 Å². The van der Waals surface area contributed by atoms with Gasteiger partial charge in [0.1, 0.15) is 0 Å². The maximum absolute atomic E-state index is 6.31. The Kier molecular flexibility index (Phi) is 4.41. The van der Waals surface area contributed by atoms with Crippen LogP contribution < -0.4 is 5.32 Å². The quantitative estimate of drug-likeness (QED) is 0.844. The van der Waals surface area contributed by atoms with E-state index in [1.807, 2.05) is 54.5 Å². The number of nitrogens with one attached hydrogen (secondary N) is 1. The minimum Gasteiger partial charge on any atom is -0.364 e. The van der Waals surface area contributed by atoms with E-state index in [-0.39, 0.29) is 6.04 Å². The van der Waals surface area contributed by atoms with E-state index >= 15 is 0 Å². The van der Waals surface area contributed by atoms with Crippen molar-refractivity contribution in [2.24, 2.45) is 5.10 Å². The summed E-state index contributed by atoms with van der Waals surface area (Å²) in [4.78, 5) is 0. The largest absolute Gasteiger partial charge is 0.364 e. The molecule has 5 heteroatoms. The maximum atomic E-state index is 6.31. The van der Waals surface area contributed by atoms with Gasteiger partial charge in [-0.3, -0.25) is 0 Å². The molecule has 0 fully saturated rings. The van der Waals surface area contributed by atoms with Crippen LogP contribution in [-0.4, -0.2) is 22.9 Å². The molecule has 3 rings (SSSR count). The first-order valence-corrected chi connectivity index (χ1v) is 7.87. The number of rotatable bonds is 2. The molecule has 0 radical (unpaired) electrons. The Bertz CT molecular complexity index is 715. The summed E-state index contributed by atoms with van der Waals surface area (Å²) in [6, 6.07) is 18.1. The zero-order valence-corrected chi connectivity index (χ0v) is 13.7. The summed E-state index contributed by atoms with van der Waals surface area (Å²) < 4.78 is 0. The summed E-state index contributed by atoms with van der Waals surface area (Å²) in [5.74, 6) is 0. The van der Waals surface area contributed by atoms with Gasteiger partial charge in [-0.15, -0.1) is 0 Å². The van der Waals surface area contributed by atoms with Gasteiger partial charge >= 0.3 is 0 Å². The molecule has 2 aromatic rings. The summed E-state index contributed by atoms with van der Waals surface area (Å²) in [6.45, 7) is 0. The Labute approximate surface area is 140 Å². The van der Waals surface area contributed by atoms with Gasteiger partial charge in [0.05, 0.1) is 11.8 Å². The molecule has 1 atom stereocenters. The van der Waals surface area contributed by atoms with E-state index < -0.39 is 0 Å². The average Bonchev–Trinajstić information content (AvgIpc) is 3.00. The molecule has 0 spiro atoms. The molecule has 1 aliphatic heterocycles. The molecule has 0 saturated carbocycles. The van der Waals surface area contributed by atoms with Crippen molar-refractivity contribution in [2.45, 2.75) is 12.5 Å². The van der Waals surface area contributed by atoms with Crippen LogP contribution in [0.5, 0.6) is 0 Å². The van der Waals surface area contributed by atoms with Crippen LogP contribution in [0.4, 0.5) is 0 Å². The third-order valence-electron chi connectivity index (χ3n) is 3.70. The molecule has 1 N–H and O–H groups in total. The zero-order valence-electron chi connectivity index (χ0n) is 12.2. The lowest BCUT2D eigenvalue weighted by molar-refractivity contribution is 0.367. The van der Waals surface area contributed by atoms with Crippen LogP contribution in [0.15, 0.2) is 59.7 Å². The number of hydrogen-bond acceptors (Lipinski definition) is 2.